The first-order valence-corrected chi connectivity index (χ1v) is 7.95. The molecular formula is C19H13FN2O4. The van der Waals surface area contributed by atoms with Crippen molar-refractivity contribution in [2.24, 2.45) is 0 Å². The van der Waals surface area contributed by atoms with Crippen molar-refractivity contribution in [2.75, 3.05) is 0 Å². The minimum absolute atomic E-state index is 0.00381. The molecule has 0 radical (unpaired) electrons. The monoisotopic (exact) mass is 352 g/mol. The Hall–Kier alpha value is -3.48. The Kier molecular flexibility index (Phi) is 3.57. The van der Waals surface area contributed by atoms with E-state index in [0.717, 1.165) is 6.07 Å². The second kappa shape index (κ2) is 5.80. The van der Waals surface area contributed by atoms with Crippen molar-refractivity contribution in [2.45, 2.75) is 13.5 Å². The van der Waals surface area contributed by atoms with E-state index in [1.54, 1.807) is 35.8 Å². The van der Waals surface area contributed by atoms with Crippen LogP contribution in [0.1, 0.15) is 17.3 Å². The van der Waals surface area contributed by atoms with E-state index in [9.17, 15) is 19.1 Å². The lowest BCUT2D eigenvalue weighted by atomic mass is 10.1. The van der Waals surface area contributed by atoms with Gasteiger partial charge >= 0.3 is 5.97 Å². The van der Waals surface area contributed by atoms with Gasteiger partial charge < -0.3 is 14.1 Å². The molecule has 0 aliphatic carbocycles. The smallest absolute Gasteiger partial charge is 0.341 e. The standard InChI is InChI=1S/C19H13FN2O4/c1-2-22-9-12(19(24)25)17(23)11-7-13(20)10(8-15(11)22)18-21-14-5-3-4-6-16(14)26-18/h3-9H,2H2,1H3,(H,24,25). The third kappa shape index (κ3) is 2.36. The highest BCUT2D eigenvalue weighted by Crippen LogP contribution is 2.29. The lowest BCUT2D eigenvalue weighted by molar-refractivity contribution is 0.0695. The number of nitrogens with zero attached hydrogens (tertiary/aromatic N) is 2. The number of aromatic carboxylic acids is 1. The number of fused-ring (bicyclic) bond motifs is 2. The Morgan fingerprint density at radius 2 is 2.08 bits per heavy atom. The minimum Gasteiger partial charge on any atom is -0.477 e. The Bertz CT molecular complexity index is 1210. The molecule has 0 aliphatic rings. The lowest BCUT2D eigenvalue weighted by Crippen LogP contribution is -2.19. The van der Waals surface area contributed by atoms with Crippen molar-refractivity contribution in [3.63, 3.8) is 0 Å². The number of pyridine rings is 1. The number of carboxylic acid groups (broad SMARTS) is 1. The average Bonchev–Trinajstić information content (AvgIpc) is 3.05. The summed E-state index contributed by atoms with van der Waals surface area (Å²) in [6, 6.07) is 9.57. The highest BCUT2D eigenvalue weighted by atomic mass is 19.1. The average molecular weight is 352 g/mol. The zero-order valence-corrected chi connectivity index (χ0v) is 13.7. The quantitative estimate of drug-likeness (QED) is 0.608. The molecule has 0 bridgehead atoms. The van der Waals surface area contributed by atoms with Crippen molar-refractivity contribution in [3.8, 4) is 11.5 Å². The first kappa shape index (κ1) is 16.0. The second-order valence-electron chi connectivity index (χ2n) is 5.80. The van der Waals surface area contributed by atoms with Gasteiger partial charge in [-0.1, -0.05) is 12.1 Å². The Morgan fingerprint density at radius 3 is 2.77 bits per heavy atom. The molecule has 6 nitrogen and oxygen atoms in total. The largest absolute Gasteiger partial charge is 0.477 e. The summed E-state index contributed by atoms with van der Waals surface area (Å²) in [5.41, 5.74) is 0.528. The maximum atomic E-state index is 14.7. The topological polar surface area (TPSA) is 85.3 Å². The lowest BCUT2D eigenvalue weighted by Gasteiger charge is -2.11. The molecule has 4 aromatic rings. The first-order chi connectivity index (χ1) is 12.5. The molecule has 130 valence electrons. The van der Waals surface area contributed by atoms with Crippen molar-refractivity contribution in [1.82, 2.24) is 9.55 Å². The number of carbonyl (C=O) groups is 1. The van der Waals surface area contributed by atoms with Gasteiger partial charge in [0.15, 0.2) is 5.58 Å². The number of aryl methyl sites for hydroxylation is 1. The maximum Gasteiger partial charge on any atom is 0.341 e. The van der Waals surface area contributed by atoms with Gasteiger partial charge in [-0.3, -0.25) is 4.79 Å². The summed E-state index contributed by atoms with van der Waals surface area (Å²) in [4.78, 5) is 27.9. The molecule has 0 saturated heterocycles. The first-order valence-electron chi connectivity index (χ1n) is 7.95. The van der Waals surface area contributed by atoms with Crippen molar-refractivity contribution in [1.29, 1.82) is 0 Å². The van der Waals surface area contributed by atoms with Crippen LogP contribution in [0.2, 0.25) is 0 Å². The third-order valence-electron chi connectivity index (χ3n) is 4.26. The van der Waals surface area contributed by atoms with E-state index >= 15 is 0 Å². The summed E-state index contributed by atoms with van der Waals surface area (Å²) in [6.07, 6.45) is 1.26. The van der Waals surface area contributed by atoms with Gasteiger partial charge in [0.25, 0.3) is 0 Å². The molecule has 0 amide bonds. The molecule has 0 aliphatic heterocycles. The van der Waals surface area contributed by atoms with Crippen LogP contribution in [0.25, 0.3) is 33.5 Å². The van der Waals surface area contributed by atoms with Crippen molar-refractivity contribution in [3.05, 3.63) is 64.2 Å². The fraction of sp³-hybridized carbons (Fsp3) is 0.105. The van der Waals surface area contributed by atoms with Crippen LogP contribution in [-0.4, -0.2) is 20.6 Å². The van der Waals surface area contributed by atoms with Gasteiger partial charge in [-0.25, -0.2) is 14.2 Å². The number of rotatable bonds is 3. The number of oxazole rings is 1. The van der Waals surface area contributed by atoms with E-state index in [1.807, 2.05) is 0 Å². The maximum absolute atomic E-state index is 14.7. The van der Waals surface area contributed by atoms with Crippen LogP contribution < -0.4 is 5.43 Å². The molecule has 0 fully saturated rings. The van der Waals surface area contributed by atoms with Crippen LogP contribution in [0.4, 0.5) is 4.39 Å². The predicted molar refractivity (Wildman–Crippen MR) is 93.8 cm³/mol. The van der Waals surface area contributed by atoms with Crippen molar-refractivity contribution < 1.29 is 18.7 Å². The molecule has 4 rings (SSSR count). The number of hydrogen-bond donors (Lipinski definition) is 1. The summed E-state index contributed by atoms with van der Waals surface area (Å²) >= 11 is 0. The van der Waals surface area contributed by atoms with Crippen molar-refractivity contribution >= 4 is 28.0 Å². The fourth-order valence-corrected chi connectivity index (χ4v) is 2.98. The van der Waals surface area contributed by atoms with Crippen LogP contribution in [0.3, 0.4) is 0 Å². The van der Waals surface area contributed by atoms with E-state index in [2.05, 4.69) is 4.98 Å². The number of hydrogen-bond acceptors (Lipinski definition) is 4. The molecule has 2 aromatic heterocycles. The fourth-order valence-electron chi connectivity index (χ4n) is 2.98. The Balaban J connectivity index is 2.03. The van der Waals surface area contributed by atoms with Crippen LogP contribution in [0.15, 0.2) is 51.8 Å². The normalized spacial score (nSPS) is 11.3. The van der Waals surface area contributed by atoms with Gasteiger partial charge in [-0.2, -0.15) is 0 Å². The third-order valence-corrected chi connectivity index (χ3v) is 4.26. The van der Waals surface area contributed by atoms with E-state index in [0.29, 0.717) is 23.2 Å². The number of aromatic nitrogens is 2. The van der Waals surface area contributed by atoms with Gasteiger partial charge in [-0.15, -0.1) is 0 Å². The number of para-hydroxylation sites is 2. The summed E-state index contributed by atoms with van der Waals surface area (Å²) < 4.78 is 21.9. The number of carboxylic acids is 1. The van der Waals surface area contributed by atoms with Gasteiger partial charge in [0.05, 0.1) is 11.1 Å². The SMILES string of the molecule is CCn1cc(C(=O)O)c(=O)c2cc(F)c(-c3nc4ccccc4o3)cc21. The second-order valence-corrected chi connectivity index (χ2v) is 5.80. The molecule has 0 unspecified atom stereocenters. The zero-order valence-electron chi connectivity index (χ0n) is 13.7. The van der Waals surface area contributed by atoms with Gasteiger partial charge in [0.2, 0.25) is 11.3 Å². The van der Waals surface area contributed by atoms with E-state index in [-0.39, 0.29) is 16.8 Å². The molecule has 1 N–H and O–H groups in total. The number of benzene rings is 2. The molecular weight excluding hydrogens is 339 g/mol. The molecule has 0 saturated carbocycles. The predicted octanol–water partition coefficient (Wildman–Crippen LogP) is 3.67. The van der Waals surface area contributed by atoms with Crippen LogP contribution >= 0.6 is 0 Å². The Labute approximate surface area is 146 Å². The van der Waals surface area contributed by atoms with Gasteiger partial charge in [0.1, 0.15) is 16.9 Å². The van der Waals surface area contributed by atoms with Crippen LogP contribution in [0, 0.1) is 5.82 Å². The summed E-state index contributed by atoms with van der Waals surface area (Å²) in [5, 5.41) is 9.20. The molecule has 0 spiro atoms. The Morgan fingerprint density at radius 1 is 1.31 bits per heavy atom. The summed E-state index contributed by atoms with van der Waals surface area (Å²) in [5.74, 6) is -1.95. The zero-order chi connectivity index (χ0) is 18.4. The highest BCUT2D eigenvalue weighted by Gasteiger charge is 2.19. The van der Waals surface area contributed by atoms with Crippen LogP contribution in [-0.2, 0) is 6.54 Å². The van der Waals surface area contributed by atoms with Gasteiger partial charge in [-0.05, 0) is 31.2 Å². The molecule has 2 aromatic carbocycles. The minimum atomic E-state index is -1.34. The van der Waals surface area contributed by atoms with E-state index in [1.165, 1.54) is 12.3 Å². The van der Waals surface area contributed by atoms with E-state index < -0.39 is 22.8 Å². The molecule has 0 atom stereocenters. The molecule has 2 heterocycles. The van der Waals surface area contributed by atoms with Gasteiger partial charge in [0, 0.05) is 18.1 Å². The highest BCUT2D eigenvalue weighted by molar-refractivity contribution is 5.93. The van der Waals surface area contributed by atoms with E-state index in [4.69, 9.17) is 4.42 Å². The number of halogens is 1. The molecule has 26 heavy (non-hydrogen) atoms. The molecule has 7 heteroatoms. The summed E-state index contributed by atoms with van der Waals surface area (Å²) in [7, 11) is 0. The van der Waals surface area contributed by atoms with Crippen LogP contribution in [0.5, 0.6) is 0 Å². The summed E-state index contributed by atoms with van der Waals surface area (Å²) in [6.45, 7) is 2.22.